The molecule has 0 aromatic heterocycles. The molecule has 0 aliphatic rings. The number of nitrogens with zero attached hydrogens (tertiary/aromatic N) is 1. The average Bonchev–Trinajstić information content (AvgIpc) is 1.25. The Labute approximate surface area is 113 Å². The molecule has 0 amide bonds. The Bertz CT molecular complexity index is 75.7. The van der Waals surface area contributed by atoms with Gasteiger partial charge in [0.05, 0.1) is 5.09 Å². The van der Waals surface area contributed by atoms with Crippen molar-refractivity contribution in [1.29, 1.82) is 0 Å². The fourth-order valence-electron chi connectivity index (χ4n) is 0. The predicted octanol–water partition coefficient (Wildman–Crippen LogP) is -3.07. The van der Waals surface area contributed by atoms with Crippen LogP contribution in [0.1, 0.15) is 0 Å². The first-order valence-electron chi connectivity index (χ1n) is 1.16. The van der Waals surface area contributed by atoms with E-state index < -0.39 is 11.2 Å². The smallest absolute Gasteiger partial charge is 0.652 e. The molecule has 0 aliphatic carbocycles. The van der Waals surface area contributed by atoms with Crippen molar-refractivity contribution in [3.63, 3.8) is 0 Å². The zero-order chi connectivity index (χ0) is 7.15. The van der Waals surface area contributed by atoms with Crippen LogP contribution in [-0.2, 0) is 0 Å². The summed E-state index contributed by atoms with van der Waals surface area (Å²) in [7, 11) is 0. The van der Waals surface area contributed by atoms with Gasteiger partial charge < -0.3 is 30.3 Å². The standard InChI is InChI=1S/CH2O3.Ca.La.NO3/c2-1(3)4;;;2-1(3)4/h(H2,2,3,4);;;/q;+2;+3;-1/p-2. The largest absolute Gasteiger partial charge is 3.00 e. The first-order chi connectivity index (χ1) is 3.46. The Morgan fingerprint density at radius 3 is 1.20 bits per heavy atom. The van der Waals surface area contributed by atoms with Crippen molar-refractivity contribution in [1.82, 2.24) is 0 Å². The molecule has 0 unspecified atom stereocenters. The molecule has 0 spiro atoms. The zero-order valence-corrected chi connectivity index (χ0v) is 10.5. The molecular formula is CCaLaNO6+2. The van der Waals surface area contributed by atoms with E-state index in [-0.39, 0.29) is 73.3 Å². The second kappa shape index (κ2) is 16.5. The molecule has 7 nitrogen and oxygen atoms in total. The fourth-order valence-corrected chi connectivity index (χ4v) is 0. The van der Waals surface area contributed by atoms with Crippen molar-refractivity contribution >= 4 is 43.9 Å². The Hall–Kier alpha value is 0.925. The van der Waals surface area contributed by atoms with Crippen LogP contribution in [0.15, 0.2) is 0 Å². The fraction of sp³-hybridized carbons (Fsp3) is 0. The molecule has 0 saturated carbocycles. The summed E-state index contributed by atoms with van der Waals surface area (Å²) < 4.78 is 0. The van der Waals surface area contributed by atoms with Gasteiger partial charge in [-0.05, 0) is 6.16 Å². The number of rotatable bonds is 0. The van der Waals surface area contributed by atoms with Crippen molar-refractivity contribution in [2.24, 2.45) is 0 Å². The third-order valence-electron chi connectivity index (χ3n) is 0. The van der Waals surface area contributed by atoms with E-state index in [9.17, 15) is 0 Å². The van der Waals surface area contributed by atoms with Crippen LogP contribution in [0, 0.1) is 50.9 Å². The molecule has 0 aromatic rings. The summed E-state index contributed by atoms with van der Waals surface area (Å²) in [4.78, 5) is 16.6. The van der Waals surface area contributed by atoms with Gasteiger partial charge in [-0.25, -0.2) is 0 Å². The number of carbonyl (C=O) groups excluding carboxylic acids is 1. The molecule has 0 aliphatic heterocycles. The van der Waals surface area contributed by atoms with Gasteiger partial charge in [-0.3, -0.25) is 0 Å². The minimum absolute atomic E-state index is 0. The summed E-state index contributed by atoms with van der Waals surface area (Å²) in [6, 6.07) is 0. The van der Waals surface area contributed by atoms with Gasteiger partial charge in [0.25, 0.3) is 0 Å². The van der Waals surface area contributed by atoms with E-state index in [2.05, 4.69) is 0 Å². The van der Waals surface area contributed by atoms with E-state index in [1.807, 2.05) is 0 Å². The summed E-state index contributed by atoms with van der Waals surface area (Å²) in [6.45, 7) is 0. The van der Waals surface area contributed by atoms with Crippen molar-refractivity contribution in [2.45, 2.75) is 0 Å². The van der Waals surface area contributed by atoms with Gasteiger partial charge in [-0.1, -0.05) is 0 Å². The molecule has 10 heavy (non-hydrogen) atoms. The van der Waals surface area contributed by atoms with Gasteiger partial charge in [0.1, 0.15) is 0 Å². The number of hydrogen-bond acceptors (Lipinski definition) is 6. The Morgan fingerprint density at radius 2 is 1.20 bits per heavy atom. The summed E-state index contributed by atoms with van der Waals surface area (Å²) in [6.07, 6.45) is -2.33. The third kappa shape index (κ3) is 656. The first kappa shape index (κ1) is 22.4. The summed E-state index contributed by atoms with van der Waals surface area (Å²) >= 11 is 0. The van der Waals surface area contributed by atoms with E-state index in [4.69, 9.17) is 30.3 Å². The van der Waals surface area contributed by atoms with E-state index in [0.717, 1.165) is 0 Å². The van der Waals surface area contributed by atoms with Gasteiger partial charge in [0.2, 0.25) is 0 Å². The van der Waals surface area contributed by atoms with Gasteiger partial charge in [-0.15, -0.1) is 0 Å². The van der Waals surface area contributed by atoms with Crippen LogP contribution in [0.5, 0.6) is 0 Å². The average molecular weight is 301 g/mol. The van der Waals surface area contributed by atoms with Crippen molar-refractivity contribution in [3.05, 3.63) is 15.3 Å². The van der Waals surface area contributed by atoms with Gasteiger partial charge in [-0.2, -0.15) is 0 Å². The second-order valence-electron chi connectivity index (χ2n) is 0.474. The predicted molar refractivity (Wildman–Crippen MR) is 21.5 cm³/mol. The molecule has 0 radical (unpaired) electrons. The molecule has 0 bridgehead atoms. The molecule has 0 N–H and O–H groups in total. The van der Waals surface area contributed by atoms with Gasteiger partial charge in [0.15, 0.2) is 0 Å². The normalized spacial score (nSPS) is 4.80. The Kier molecular flexibility index (Phi) is 37.0. The molecule has 0 rings (SSSR count). The molecule has 0 fully saturated rings. The van der Waals surface area contributed by atoms with E-state index in [1.165, 1.54) is 0 Å². The zero-order valence-electron chi connectivity index (χ0n) is 4.68. The van der Waals surface area contributed by atoms with Crippen LogP contribution >= 0.6 is 0 Å². The molecular weight excluding hydrogens is 301 g/mol. The molecule has 0 heterocycles. The van der Waals surface area contributed by atoms with Crippen LogP contribution in [0.3, 0.4) is 0 Å². The SMILES string of the molecule is O=C([O-])[O-].O=[N+]([O-])[O-].[Ca+2].[La+3]. The topological polar surface area (TPSA) is 129 Å². The minimum atomic E-state index is -2.33. The second-order valence-corrected chi connectivity index (χ2v) is 0.474. The van der Waals surface area contributed by atoms with Gasteiger partial charge in [0, 0.05) is 0 Å². The number of hydrogen-bond donors (Lipinski definition) is 0. The molecule has 9 heteroatoms. The van der Waals surface area contributed by atoms with Crippen LogP contribution in [-0.4, -0.2) is 49.0 Å². The van der Waals surface area contributed by atoms with Crippen molar-refractivity contribution in [3.8, 4) is 0 Å². The van der Waals surface area contributed by atoms with Crippen molar-refractivity contribution < 1.29 is 55.7 Å². The summed E-state index contributed by atoms with van der Waals surface area (Å²) in [5.41, 5.74) is 0. The van der Waals surface area contributed by atoms with E-state index in [0.29, 0.717) is 0 Å². The van der Waals surface area contributed by atoms with Crippen LogP contribution in [0.4, 0.5) is 4.79 Å². The van der Waals surface area contributed by atoms with Crippen LogP contribution < -0.4 is 10.2 Å². The number of carboxylic acid groups (broad SMARTS) is 2. The Morgan fingerprint density at radius 1 is 1.20 bits per heavy atom. The molecule has 0 atom stereocenters. The first-order valence-corrected chi connectivity index (χ1v) is 1.16. The number of carbonyl (C=O) groups is 1. The summed E-state index contributed by atoms with van der Waals surface area (Å²) in [5.74, 6) is 0. The molecule has 0 aromatic carbocycles. The monoisotopic (exact) mass is 301 g/mol. The van der Waals surface area contributed by atoms with E-state index >= 15 is 0 Å². The molecule has 48 valence electrons. The van der Waals surface area contributed by atoms with Crippen molar-refractivity contribution in [2.75, 3.05) is 0 Å². The van der Waals surface area contributed by atoms with Crippen LogP contribution in [0.2, 0.25) is 0 Å². The minimum Gasteiger partial charge on any atom is -0.652 e. The quantitative estimate of drug-likeness (QED) is 0.265. The Balaban J connectivity index is -0.0000000300. The maximum Gasteiger partial charge on any atom is 3.00 e. The van der Waals surface area contributed by atoms with E-state index in [1.54, 1.807) is 0 Å². The van der Waals surface area contributed by atoms with Crippen LogP contribution in [0.25, 0.3) is 0 Å². The maximum absolute atomic E-state index is 8.33. The van der Waals surface area contributed by atoms with Gasteiger partial charge >= 0.3 is 73.3 Å². The third-order valence-corrected chi connectivity index (χ3v) is 0. The summed E-state index contributed by atoms with van der Waals surface area (Å²) in [5, 5.41) is 31.4. The maximum atomic E-state index is 8.33. The molecule has 0 saturated heterocycles.